The summed E-state index contributed by atoms with van der Waals surface area (Å²) in [5.41, 5.74) is 0. The maximum atomic E-state index is 3.64. The van der Waals surface area contributed by atoms with E-state index in [-0.39, 0.29) is 0 Å². The first-order chi connectivity index (χ1) is 5.66. The molecule has 1 aliphatic heterocycles. The van der Waals surface area contributed by atoms with Gasteiger partial charge in [-0.3, -0.25) is 0 Å². The van der Waals surface area contributed by atoms with Crippen LogP contribution in [0.15, 0.2) is 0 Å². The van der Waals surface area contributed by atoms with Crippen LogP contribution in [0.5, 0.6) is 0 Å². The fraction of sp³-hybridized carbons (Fsp3) is 1.00. The average Bonchev–Trinajstić information content (AvgIpc) is 2.26. The zero-order chi connectivity index (χ0) is 8.72. The Balaban J connectivity index is 1.82. The molecule has 70 valence electrons. The smallest absolute Gasteiger partial charge is 0.0148 e. The van der Waals surface area contributed by atoms with E-state index in [1.165, 1.54) is 19.4 Å². The van der Waals surface area contributed by atoms with Crippen molar-refractivity contribution in [2.24, 2.45) is 5.92 Å². The Labute approximate surface area is 75.3 Å². The lowest BCUT2D eigenvalue weighted by molar-refractivity contribution is 0.0679. The number of hydrogen-bond donors (Lipinski definition) is 1. The highest BCUT2D eigenvalue weighted by molar-refractivity contribution is 5.00. The summed E-state index contributed by atoms with van der Waals surface area (Å²) >= 11 is 0. The van der Waals surface area contributed by atoms with E-state index in [0.717, 1.165) is 18.0 Å². The van der Waals surface area contributed by atoms with Crippen LogP contribution in [0.1, 0.15) is 26.7 Å². The Morgan fingerprint density at radius 3 is 2.58 bits per heavy atom. The minimum Gasteiger partial charge on any atom is -0.312 e. The molecule has 1 aliphatic carbocycles. The number of nitrogens with zero attached hydrogens (tertiary/aromatic N) is 1. The lowest BCUT2D eigenvalue weighted by atomic mass is 9.93. The van der Waals surface area contributed by atoms with Crippen LogP contribution in [-0.2, 0) is 0 Å². The van der Waals surface area contributed by atoms with Crippen molar-refractivity contribution in [3.05, 3.63) is 0 Å². The molecule has 2 fully saturated rings. The monoisotopic (exact) mass is 168 g/mol. The maximum Gasteiger partial charge on any atom is 0.0148 e. The van der Waals surface area contributed by atoms with Crippen molar-refractivity contribution < 1.29 is 0 Å². The van der Waals surface area contributed by atoms with Crippen LogP contribution in [0.2, 0.25) is 0 Å². The Morgan fingerprint density at radius 2 is 2.08 bits per heavy atom. The second-order valence-corrected chi connectivity index (χ2v) is 4.76. The summed E-state index contributed by atoms with van der Waals surface area (Å²) in [6.07, 6.45) is 2.78. The van der Waals surface area contributed by atoms with Gasteiger partial charge in [0.05, 0.1) is 0 Å². The highest BCUT2D eigenvalue weighted by atomic mass is 15.2. The van der Waals surface area contributed by atoms with Gasteiger partial charge in [-0.2, -0.15) is 0 Å². The van der Waals surface area contributed by atoms with Crippen molar-refractivity contribution in [2.45, 2.75) is 44.8 Å². The summed E-state index contributed by atoms with van der Waals surface area (Å²) in [7, 11) is 2.25. The molecule has 2 aliphatic rings. The summed E-state index contributed by atoms with van der Waals surface area (Å²) in [6.45, 7) is 5.81. The zero-order valence-corrected chi connectivity index (χ0v) is 8.38. The molecule has 0 aromatic rings. The van der Waals surface area contributed by atoms with Crippen LogP contribution >= 0.6 is 0 Å². The van der Waals surface area contributed by atoms with Crippen LogP contribution in [-0.4, -0.2) is 36.6 Å². The van der Waals surface area contributed by atoms with Gasteiger partial charge in [0.1, 0.15) is 0 Å². The number of nitrogens with one attached hydrogen (secondary N) is 1. The molecule has 0 amide bonds. The van der Waals surface area contributed by atoms with Gasteiger partial charge >= 0.3 is 0 Å². The minimum atomic E-state index is 0.651. The molecule has 3 atom stereocenters. The van der Waals surface area contributed by atoms with Crippen LogP contribution in [0.25, 0.3) is 0 Å². The average molecular weight is 168 g/mol. The van der Waals surface area contributed by atoms with Crippen LogP contribution in [0.3, 0.4) is 0 Å². The topological polar surface area (TPSA) is 15.3 Å². The van der Waals surface area contributed by atoms with E-state index in [1.807, 2.05) is 0 Å². The summed E-state index contributed by atoms with van der Waals surface area (Å²) in [5, 5.41) is 3.64. The zero-order valence-electron chi connectivity index (χ0n) is 8.38. The molecule has 0 aromatic heterocycles. The van der Waals surface area contributed by atoms with E-state index in [9.17, 15) is 0 Å². The molecule has 1 saturated heterocycles. The third-order valence-electron chi connectivity index (χ3n) is 3.32. The van der Waals surface area contributed by atoms with Crippen molar-refractivity contribution >= 4 is 0 Å². The first kappa shape index (κ1) is 8.52. The SMILES string of the molecule is CC(C)NC1CC2CN(C)C2C1. The van der Waals surface area contributed by atoms with Gasteiger partial charge in [0.25, 0.3) is 0 Å². The van der Waals surface area contributed by atoms with E-state index in [4.69, 9.17) is 0 Å². The minimum absolute atomic E-state index is 0.651. The predicted octanol–water partition coefficient (Wildman–Crippen LogP) is 1.08. The summed E-state index contributed by atoms with van der Waals surface area (Å²) in [4.78, 5) is 2.49. The molecule has 2 rings (SSSR count). The van der Waals surface area contributed by atoms with Crippen LogP contribution < -0.4 is 5.32 Å². The van der Waals surface area contributed by atoms with Gasteiger partial charge in [-0.25, -0.2) is 0 Å². The van der Waals surface area contributed by atoms with Gasteiger partial charge in [0.2, 0.25) is 0 Å². The lowest BCUT2D eigenvalue weighted by Gasteiger charge is -2.41. The molecule has 3 unspecified atom stereocenters. The van der Waals surface area contributed by atoms with Crippen LogP contribution in [0, 0.1) is 5.92 Å². The molecule has 1 heterocycles. The van der Waals surface area contributed by atoms with Gasteiger partial charge in [0, 0.05) is 24.7 Å². The first-order valence-electron chi connectivity index (χ1n) is 5.13. The number of fused-ring (bicyclic) bond motifs is 1. The fourth-order valence-corrected chi connectivity index (χ4v) is 2.81. The molecule has 12 heavy (non-hydrogen) atoms. The molecule has 0 bridgehead atoms. The molecule has 1 saturated carbocycles. The normalized spacial score (nSPS) is 41.5. The standard InChI is InChI=1S/C10H20N2/c1-7(2)11-9-4-8-6-12(3)10(8)5-9/h7-11H,4-6H2,1-3H3. The summed E-state index contributed by atoms with van der Waals surface area (Å²) in [6, 6.07) is 2.35. The number of hydrogen-bond acceptors (Lipinski definition) is 2. The number of likely N-dealkylation sites (tertiary alicyclic amines) is 1. The molecule has 1 N–H and O–H groups in total. The highest BCUT2D eigenvalue weighted by Crippen LogP contribution is 2.37. The number of rotatable bonds is 2. The van der Waals surface area contributed by atoms with E-state index in [1.54, 1.807) is 0 Å². The summed E-state index contributed by atoms with van der Waals surface area (Å²) in [5.74, 6) is 1.01. The summed E-state index contributed by atoms with van der Waals surface area (Å²) < 4.78 is 0. The van der Waals surface area contributed by atoms with Gasteiger partial charge in [-0.05, 0) is 25.8 Å². The molecule has 2 heteroatoms. The van der Waals surface area contributed by atoms with E-state index in [0.29, 0.717) is 6.04 Å². The van der Waals surface area contributed by atoms with Gasteiger partial charge in [-0.15, -0.1) is 0 Å². The lowest BCUT2D eigenvalue weighted by Crippen LogP contribution is -2.50. The van der Waals surface area contributed by atoms with Crippen LogP contribution in [0.4, 0.5) is 0 Å². The quantitative estimate of drug-likeness (QED) is 0.663. The van der Waals surface area contributed by atoms with E-state index in [2.05, 4.69) is 31.1 Å². The third kappa shape index (κ3) is 1.38. The van der Waals surface area contributed by atoms with E-state index < -0.39 is 0 Å². The molecular weight excluding hydrogens is 148 g/mol. The van der Waals surface area contributed by atoms with Gasteiger partial charge in [0.15, 0.2) is 0 Å². The Morgan fingerprint density at radius 1 is 1.33 bits per heavy atom. The Kier molecular flexibility index (Phi) is 2.13. The molecule has 0 spiro atoms. The van der Waals surface area contributed by atoms with Crippen molar-refractivity contribution in [1.29, 1.82) is 0 Å². The molecule has 2 nitrogen and oxygen atoms in total. The highest BCUT2D eigenvalue weighted by Gasteiger charge is 2.43. The molecule has 0 aromatic carbocycles. The van der Waals surface area contributed by atoms with Crippen molar-refractivity contribution in [1.82, 2.24) is 10.2 Å². The van der Waals surface area contributed by atoms with Gasteiger partial charge < -0.3 is 10.2 Å². The van der Waals surface area contributed by atoms with Crippen molar-refractivity contribution in [2.75, 3.05) is 13.6 Å². The predicted molar refractivity (Wildman–Crippen MR) is 51.2 cm³/mol. The van der Waals surface area contributed by atoms with Gasteiger partial charge in [-0.1, -0.05) is 13.8 Å². The first-order valence-corrected chi connectivity index (χ1v) is 5.13. The van der Waals surface area contributed by atoms with E-state index >= 15 is 0 Å². The second-order valence-electron chi connectivity index (χ2n) is 4.76. The Bertz CT molecular complexity index is 167. The molecule has 0 radical (unpaired) electrons. The van der Waals surface area contributed by atoms with Crippen molar-refractivity contribution in [3.8, 4) is 0 Å². The van der Waals surface area contributed by atoms with Crippen molar-refractivity contribution in [3.63, 3.8) is 0 Å². The fourth-order valence-electron chi connectivity index (χ4n) is 2.81. The second kappa shape index (κ2) is 3.00. The maximum absolute atomic E-state index is 3.64. The Hall–Kier alpha value is -0.0800. The largest absolute Gasteiger partial charge is 0.312 e. The molecular formula is C10H20N2. The third-order valence-corrected chi connectivity index (χ3v) is 3.32.